The van der Waals surface area contributed by atoms with Gasteiger partial charge in [0.25, 0.3) is 5.91 Å². The van der Waals surface area contributed by atoms with Gasteiger partial charge in [0.15, 0.2) is 17.0 Å². The van der Waals surface area contributed by atoms with Crippen LogP contribution in [-0.2, 0) is 17.8 Å². The third-order valence-corrected chi connectivity index (χ3v) is 6.84. The van der Waals surface area contributed by atoms with Crippen molar-refractivity contribution in [1.29, 1.82) is 5.26 Å². The van der Waals surface area contributed by atoms with Crippen molar-refractivity contribution >= 4 is 41.0 Å². The minimum absolute atomic E-state index is 0.162. The molecule has 1 heterocycles. The van der Waals surface area contributed by atoms with Crippen LogP contribution in [-0.4, -0.2) is 18.0 Å². The normalized spacial score (nSPS) is 15.9. The minimum Gasteiger partial charge on any atom is -0.490 e. The number of benzene rings is 3. The first-order valence-corrected chi connectivity index (χ1v) is 12.9. The maximum Gasteiger partial charge on any atom is 0.260 e. The number of nitrogens with one attached hydrogen (secondary N) is 2. The molecule has 0 aromatic heterocycles. The molecular formula is C28H26ClN3O3S. The van der Waals surface area contributed by atoms with E-state index in [1.807, 2.05) is 37.3 Å². The van der Waals surface area contributed by atoms with Crippen LogP contribution < -0.4 is 20.1 Å². The van der Waals surface area contributed by atoms with Crippen molar-refractivity contribution in [2.24, 2.45) is 0 Å². The largest absolute Gasteiger partial charge is 0.490 e. The highest BCUT2D eigenvalue weighted by Gasteiger charge is 2.27. The Labute approximate surface area is 220 Å². The van der Waals surface area contributed by atoms with E-state index < -0.39 is 0 Å². The molecule has 1 fully saturated rings. The Morgan fingerprint density at radius 2 is 1.92 bits per heavy atom. The molecule has 184 valence electrons. The molecule has 1 aliphatic heterocycles. The molecule has 0 spiro atoms. The average molecular weight is 520 g/mol. The van der Waals surface area contributed by atoms with Gasteiger partial charge in [-0.3, -0.25) is 4.79 Å². The summed E-state index contributed by atoms with van der Waals surface area (Å²) in [5.41, 5.74) is 3.94. The molecule has 6 nitrogen and oxygen atoms in total. The molecule has 1 aliphatic rings. The van der Waals surface area contributed by atoms with Crippen molar-refractivity contribution in [3.05, 3.63) is 92.8 Å². The van der Waals surface area contributed by atoms with Gasteiger partial charge in [0.05, 0.1) is 28.2 Å². The van der Waals surface area contributed by atoms with Gasteiger partial charge < -0.3 is 20.1 Å². The summed E-state index contributed by atoms with van der Waals surface area (Å²) in [5, 5.41) is 16.0. The van der Waals surface area contributed by atoms with Gasteiger partial charge >= 0.3 is 0 Å². The zero-order valence-corrected chi connectivity index (χ0v) is 21.6. The first-order valence-electron chi connectivity index (χ1n) is 11.6. The predicted molar refractivity (Wildman–Crippen MR) is 145 cm³/mol. The van der Waals surface area contributed by atoms with E-state index in [1.54, 1.807) is 24.3 Å². The van der Waals surface area contributed by atoms with E-state index in [9.17, 15) is 10.1 Å². The summed E-state index contributed by atoms with van der Waals surface area (Å²) < 4.78 is 11.8. The fourth-order valence-corrected chi connectivity index (χ4v) is 4.94. The topological polar surface area (TPSA) is 83.4 Å². The third kappa shape index (κ3) is 6.14. The fourth-order valence-electron chi connectivity index (χ4n) is 3.68. The van der Waals surface area contributed by atoms with Crippen LogP contribution in [0.25, 0.3) is 6.08 Å². The lowest BCUT2D eigenvalue weighted by atomic mass is 10.1. The van der Waals surface area contributed by atoms with E-state index in [2.05, 4.69) is 35.8 Å². The van der Waals surface area contributed by atoms with Crippen LogP contribution in [0.3, 0.4) is 0 Å². The van der Waals surface area contributed by atoms with Gasteiger partial charge in [-0.2, -0.15) is 5.26 Å². The van der Waals surface area contributed by atoms with Gasteiger partial charge in [0.1, 0.15) is 6.61 Å². The smallest absolute Gasteiger partial charge is 0.260 e. The molecule has 3 aromatic rings. The SMILES string of the molecule is CCOc1cc(/C=C2\S[C@@H](Nc3ccc(CC)cc3)NC2=O)cc(Cl)c1OCc1ccccc1C#N. The second-order valence-electron chi connectivity index (χ2n) is 8.00. The molecule has 1 atom stereocenters. The summed E-state index contributed by atoms with van der Waals surface area (Å²) >= 11 is 7.98. The lowest BCUT2D eigenvalue weighted by Gasteiger charge is -2.15. The number of hydrogen-bond donors (Lipinski definition) is 2. The highest BCUT2D eigenvalue weighted by Crippen LogP contribution is 2.39. The van der Waals surface area contributed by atoms with E-state index in [-0.39, 0.29) is 18.0 Å². The molecule has 1 amide bonds. The summed E-state index contributed by atoms with van der Waals surface area (Å²) in [5.74, 6) is 0.706. The standard InChI is InChI=1S/C28H26ClN3O3S/c1-3-18-9-11-22(12-10-18)31-28-32-27(33)25(36-28)15-19-13-23(29)26(24(14-19)34-4-2)35-17-21-8-6-5-7-20(21)16-30/h5-15,28,31H,3-4,17H2,1-2H3,(H,32,33)/b25-15-/t28-/m0/s1. The van der Waals surface area contributed by atoms with Crippen molar-refractivity contribution in [2.45, 2.75) is 32.4 Å². The van der Waals surface area contributed by atoms with Crippen LogP contribution in [0, 0.1) is 11.3 Å². The maximum absolute atomic E-state index is 12.6. The van der Waals surface area contributed by atoms with Gasteiger partial charge in [-0.05, 0) is 60.9 Å². The van der Waals surface area contributed by atoms with Gasteiger partial charge in [-0.25, -0.2) is 0 Å². The molecule has 36 heavy (non-hydrogen) atoms. The van der Waals surface area contributed by atoms with Crippen LogP contribution in [0.2, 0.25) is 5.02 Å². The molecule has 2 N–H and O–H groups in total. The highest BCUT2D eigenvalue weighted by atomic mass is 35.5. The highest BCUT2D eigenvalue weighted by molar-refractivity contribution is 8.05. The van der Waals surface area contributed by atoms with Gasteiger partial charge in [0.2, 0.25) is 0 Å². The minimum atomic E-state index is -0.277. The summed E-state index contributed by atoms with van der Waals surface area (Å²) in [6.07, 6.45) is 2.76. The number of nitrogens with zero attached hydrogens (tertiary/aromatic N) is 1. The number of rotatable bonds is 9. The zero-order valence-electron chi connectivity index (χ0n) is 20.0. The quantitative estimate of drug-likeness (QED) is 0.320. The van der Waals surface area contributed by atoms with Crippen molar-refractivity contribution < 1.29 is 14.3 Å². The van der Waals surface area contributed by atoms with Crippen molar-refractivity contribution in [3.8, 4) is 17.6 Å². The molecule has 0 bridgehead atoms. The van der Waals surface area contributed by atoms with E-state index in [0.29, 0.717) is 33.6 Å². The monoisotopic (exact) mass is 519 g/mol. The summed E-state index contributed by atoms with van der Waals surface area (Å²) in [6.45, 7) is 4.58. The number of anilines is 1. The van der Waals surface area contributed by atoms with E-state index in [1.165, 1.54) is 17.3 Å². The fraction of sp³-hybridized carbons (Fsp3) is 0.214. The maximum atomic E-state index is 12.6. The number of thioether (sulfide) groups is 1. The summed E-state index contributed by atoms with van der Waals surface area (Å²) in [7, 11) is 0. The lowest BCUT2D eigenvalue weighted by molar-refractivity contribution is -0.116. The van der Waals surface area contributed by atoms with Gasteiger partial charge in [0, 0.05) is 11.3 Å². The number of hydrogen-bond acceptors (Lipinski definition) is 6. The molecule has 0 radical (unpaired) electrons. The Kier molecular flexibility index (Phi) is 8.42. The molecule has 3 aromatic carbocycles. The van der Waals surface area contributed by atoms with Gasteiger partial charge in [-0.1, -0.05) is 60.6 Å². The molecule has 1 saturated heterocycles. The average Bonchev–Trinajstić information content (AvgIpc) is 3.22. The first-order chi connectivity index (χ1) is 17.5. The summed E-state index contributed by atoms with van der Waals surface area (Å²) in [6, 6.07) is 21.1. The Bertz CT molecular complexity index is 1320. The first kappa shape index (κ1) is 25.5. The second kappa shape index (κ2) is 11.9. The van der Waals surface area contributed by atoms with Crippen molar-refractivity contribution in [3.63, 3.8) is 0 Å². The molecule has 0 aliphatic carbocycles. The van der Waals surface area contributed by atoms with Crippen molar-refractivity contribution in [1.82, 2.24) is 5.32 Å². The van der Waals surface area contributed by atoms with E-state index >= 15 is 0 Å². The lowest BCUT2D eigenvalue weighted by Crippen LogP contribution is -2.30. The molecule has 8 heteroatoms. The number of amides is 1. The number of carbonyl (C=O) groups excluding carboxylic acids is 1. The van der Waals surface area contributed by atoms with E-state index in [4.69, 9.17) is 21.1 Å². The summed E-state index contributed by atoms with van der Waals surface area (Å²) in [4.78, 5) is 13.2. The molecule has 0 unspecified atom stereocenters. The molecular weight excluding hydrogens is 494 g/mol. The number of aryl methyl sites for hydroxylation is 1. The number of ether oxygens (including phenoxy) is 2. The van der Waals surface area contributed by atoms with Crippen molar-refractivity contribution in [2.75, 3.05) is 11.9 Å². The Morgan fingerprint density at radius 1 is 1.14 bits per heavy atom. The van der Waals surface area contributed by atoms with Gasteiger partial charge in [-0.15, -0.1) is 0 Å². The van der Waals surface area contributed by atoms with Crippen LogP contribution in [0.4, 0.5) is 5.69 Å². The Hall–Kier alpha value is -3.60. The van der Waals surface area contributed by atoms with E-state index in [0.717, 1.165) is 23.2 Å². The molecule has 0 saturated carbocycles. The number of carbonyl (C=O) groups is 1. The van der Waals surface area contributed by atoms with Crippen LogP contribution in [0.1, 0.15) is 36.1 Å². The Morgan fingerprint density at radius 3 is 2.64 bits per heavy atom. The number of nitriles is 1. The van der Waals surface area contributed by atoms with Crippen LogP contribution in [0.15, 0.2) is 65.6 Å². The third-order valence-electron chi connectivity index (χ3n) is 5.53. The van der Waals surface area contributed by atoms with Crippen LogP contribution >= 0.6 is 23.4 Å². The second-order valence-corrected chi connectivity index (χ2v) is 9.55. The predicted octanol–water partition coefficient (Wildman–Crippen LogP) is 6.35. The number of halogens is 1. The Balaban J connectivity index is 1.51. The zero-order chi connectivity index (χ0) is 25.5. The van der Waals surface area contributed by atoms with Crippen LogP contribution in [0.5, 0.6) is 11.5 Å². The molecule has 4 rings (SSSR count).